The van der Waals surface area contributed by atoms with Gasteiger partial charge in [-0.2, -0.15) is 0 Å². The second kappa shape index (κ2) is 4.12. The van der Waals surface area contributed by atoms with Crippen LogP contribution in [0.1, 0.15) is 17.3 Å². The number of nitrogens with zero attached hydrogens (tertiary/aromatic N) is 1. The van der Waals surface area contributed by atoms with Gasteiger partial charge in [-0.25, -0.2) is 0 Å². The van der Waals surface area contributed by atoms with Crippen LogP contribution in [0, 0.1) is 0 Å². The predicted octanol–water partition coefficient (Wildman–Crippen LogP) is 1.59. The molecule has 0 atom stereocenters. The van der Waals surface area contributed by atoms with Crippen molar-refractivity contribution in [2.75, 3.05) is 0 Å². The van der Waals surface area contributed by atoms with Gasteiger partial charge in [0, 0.05) is 0 Å². The Morgan fingerprint density at radius 2 is 2.00 bits per heavy atom. The summed E-state index contributed by atoms with van der Waals surface area (Å²) in [6.45, 7) is 1.54. The molecule has 1 aromatic carbocycles. The standard InChI is InChI=1S/C9H7NOSe/c1-7(11)8-2-4-9(5-3-8)10-6-12/h2-5H,1H3. The SMILES string of the molecule is CC(=O)c1ccc(N=C=[Se])cc1. The number of hydrogen-bond acceptors (Lipinski definition) is 2. The average molecular weight is 224 g/mol. The normalized spacial score (nSPS) is 8.75. The zero-order chi connectivity index (χ0) is 8.97. The van der Waals surface area contributed by atoms with E-state index >= 15 is 0 Å². The zero-order valence-electron chi connectivity index (χ0n) is 6.57. The summed E-state index contributed by atoms with van der Waals surface area (Å²) in [6.07, 6.45) is 0. The van der Waals surface area contributed by atoms with Crippen LogP contribution < -0.4 is 0 Å². The summed E-state index contributed by atoms with van der Waals surface area (Å²) < 4.78 is 2.55. The van der Waals surface area contributed by atoms with E-state index in [0.717, 1.165) is 5.69 Å². The molecule has 0 saturated heterocycles. The Labute approximate surface area is 78.7 Å². The van der Waals surface area contributed by atoms with Gasteiger partial charge in [0.1, 0.15) is 0 Å². The van der Waals surface area contributed by atoms with Crippen LogP contribution in [0.4, 0.5) is 5.69 Å². The van der Waals surface area contributed by atoms with Crippen molar-refractivity contribution in [1.29, 1.82) is 0 Å². The number of aliphatic imine (C=N–C) groups is 1. The second-order valence-electron chi connectivity index (χ2n) is 2.31. The molecule has 0 bridgehead atoms. The van der Waals surface area contributed by atoms with Crippen molar-refractivity contribution in [2.24, 2.45) is 4.99 Å². The topological polar surface area (TPSA) is 29.4 Å². The third kappa shape index (κ3) is 2.24. The molecule has 0 radical (unpaired) electrons. The van der Waals surface area contributed by atoms with Crippen LogP contribution in [0.2, 0.25) is 0 Å². The fourth-order valence-electron chi connectivity index (χ4n) is 0.823. The molecule has 0 heterocycles. The molecule has 2 nitrogen and oxygen atoms in total. The Balaban J connectivity index is 3.00. The maximum absolute atomic E-state index is 10.9. The van der Waals surface area contributed by atoms with Crippen molar-refractivity contribution >= 4 is 31.8 Å². The van der Waals surface area contributed by atoms with Gasteiger partial charge >= 0.3 is 78.3 Å². The van der Waals surface area contributed by atoms with Gasteiger partial charge in [-0.15, -0.1) is 0 Å². The summed E-state index contributed by atoms with van der Waals surface area (Å²) in [5.74, 6) is 0.0672. The van der Waals surface area contributed by atoms with Crippen LogP contribution in [0.5, 0.6) is 0 Å². The van der Waals surface area contributed by atoms with E-state index in [1.807, 2.05) is 0 Å². The van der Waals surface area contributed by atoms with Crippen LogP contribution in [-0.2, 0) is 0 Å². The van der Waals surface area contributed by atoms with Gasteiger partial charge in [-0.3, -0.25) is 0 Å². The van der Waals surface area contributed by atoms with Gasteiger partial charge in [0.25, 0.3) is 0 Å². The molecule has 0 N–H and O–H groups in total. The molecule has 0 fully saturated rings. The summed E-state index contributed by atoms with van der Waals surface area (Å²) >= 11 is 2.54. The second-order valence-corrected chi connectivity index (χ2v) is 2.69. The Bertz CT molecular complexity index is 315. The van der Waals surface area contributed by atoms with Gasteiger partial charge in [0.15, 0.2) is 0 Å². The number of carbonyl (C=O) groups is 1. The first-order chi connectivity index (χ1) is 5.74. The summed E-state index contributed by atoms with van der Waals surface area (Å²) in [7, 11) is 0. The predicted molar refractivity (Wildman–Crippen MR) is 49.3 cm³/mol. The van der Waals surface area contributed by atoms with E-state index in [1.54, 1.807) is 24.3 Å². The van der Waals surface area contributed by atoms with Crippen molar-refractivity contribution in [3.8, 4) is 0 Å². The molecule has 1 aromatic rings. The van der Waals surface area contributed by atoms with Crippen LogP contribution in [0.25, 0.3) is 0 Å². The van der Waals surface area contributed by atoms with E-state index < -0.39 is 0 Å². The Hall–Kier alpha value is -1.01. The third-order valence-corrected chi connectivity index (χ3v) is 1.64. The first-order valence-electron chi connectivity index (χ1n) is 3.43. The molecule has 60 valence electrons. The maximum atomic E-state index is 10.9. The van der Waals surface area contributed by atoms with E-state index in [0.29, 0.717) is 5.56 Å². The van der Waals surface area contributed by atoms with Crippen molar-refractivity contribution < 1.29 is 4.79 Å². The number of Topliss-reactive ketones (excluding diaryl/α,β-unsaturated/α-hetero) is 1. The summed E-state index contributed by atoms with van der Waals surface area (Å²) in [4.78, 5) is 14.8. The van der Waals surface area contributed by atoms with Crippen molar-refractivity contribution in [3.63, 3.8) is 0 Å². The molecular formula is C9H7NOSe. The van der Waals surface area contributed by atoms with E-state index in [2.05, 4.69) is 25.3 Å². The molecular weight excluding hydrogens is 217 g/mol. The van der Waals surface area contributed by atoms with Gasteiger partial charge in [0.05, 0.1) is 0 Å². The molecule has 0 spiro atoms. The third-order valence-electron chi connectivity index (χ3n) is 1.45. The molecule has 1 rings (SSSR count). The van der Waals surface area contributed by atoms with E-state index in [-0.39, 0.29) is 5.78 Å². The summed E-state index contributed by atoms with van der Waals surface area (Å²) in [5.41, 5.74) is 1.49. The molecule has 0 amide bonds. The van der Waals surface area contributed by atoms with Crippen LogP contribution >= 0.6 is 0 Å². The van der Waals surface area contributed by atoms with Crippen LogP contribution in [-0.4, -0.2) is 26.1 Å². The van der Waals surface area contributed by atoms with Gasteiger partial charge < -0.3 is 0 Å². The monoisotopic (exact) mass is 225 g/mol. The molecule has 0 unspecified atom stereocenters. The number of rotatable bonds is 2. The Kier molecular flexibility index (Phi) is 3.12. The molecule has 0 aliphatic heterocycles. The Morgan fingerprint density at radius 3 is 2.42 bits per heavy atom. The van der Waals surface area contributed by atoms with Crippen molar-refractivity contribution in [1.82, 2.24) is 0 Å². The quantitative estimate of drug-likeness (QED) is 0.426. The fraction of sp³-hybridized carbons (Fsp3) is 0.111. The van der Waals surface area contributed by atoms with Crippen molar-refractivity contribution in [3.05, 3.63) is 29.8 Å². The number of carbonyl (C=O) groups excluding carboxylic acids is 1. The first-order valence-corrected chi connectivity index (χ1v) is 4.28. The van der Waals surface area contributed by atoms with E-state index in [9.17, 15) is 4.79 Å². The molecule has 3 heteroatoms. The molecule has 12 heavy (non-hydrogen) atoms. The average Bonchev–Trinajstić information content (AvgIpc) is 2.06. The van der Waals surface area contributed by atoms with Gasteiger partial charge in [-0.05, 0) is 0 Å². The summed E-state index contributed by atoms with van der Waals surface area (Å²) in [5, 5.41) is 0. The number of ketones is 1. The number of hydrogen-bond donors (Lipinski definition) is 0. The molecule has 0 aliphatic carbocycles. The minimum atomic E-state index is 0.0672. The van der Waals surface area contributed by atoms with E-state index in [1.165, 1.54) is 6.92 Å². The number of benzene rings is 1. The van der Waals surface area contributed by atoms with Gasteiger partial charge in [-0.1, -0.05) is 0 Å². The minimum absolute atomic E-state index is 0.0672. The Morgan fingerprint density at radius 1 is 1.42 bits per heavy atom. The molecule has 0 aromatic heterocycles. The van der Waals surface area contributed by atoms with Crippen LogP contribution in [0.15, 0.2) is 29.3 Å². The van der Waals surface area contributed by atoms with E-state index in [4.69, 9.17) is 0 Å². The molecule has 0 aliphatic rings. The van der Waals surface area contributed by atoms with Crippen molar-refractivity contribution in [2.45, 2.75) is 6.92 Å². The van der Waals surface area contributed by atoms with Crippen LogP contribution in [0.3, 0.4) is 0 Å². The zero-order valence-corrected chi connectivity index (χ0v) is 8.29. The summed E-state index contributed by atoms with van der Waals surface area (Å²) in [6, 6.07) is 7.05. The fourth-order valence-corrected chi connectivity index (χ4v) is 1.04. The van der Waals surface area contributed by atoms with Gasteiger partial charge in [0.2, 0.25) is 0 Å². The first kappa shape index (κ1) is 9.08. The molecule has 0 saturated carbocycles.